The number of likely N-dealkylation sites (tertiary alicyclic amines) is 1. The lowest BCUT2D eigenvalue weighted by Gasteiger charge is -2.33. The van der Waals surface area contributed by atoms with Crippen molar-refractivity contribution in [2.24, 2.45) is 0 Å². The standard InChI is InChI=1S/C20H17FN8O/c21-13-3-4-18-24-10-16(29(18)11-13)20-26-15(9-23)8-17(27-20)25-14-2-1-7-28(12-14)19(30)5-6-22/h3-4,8,10-11,14H,1-2,5,7,12H2,(H,25,26,27)/t14-/m1/s1. The smallest absolute Gasteiger partial charge is 0.236 e. The van der Waals surface area contributed by atoms with Crippen molar-refractivity contribution in [1.29, 1.82) is 10.5 Å². The van der Waals surface area contributed by atoms with E-state index in [1.54, 1.807) is 11.0 Å². The lowest BCUT2D eigenvalue weighted by molar-refractivity contribution is -0.131. The number of amides is 1. The molecule has 1 atom stereocenters. The van der Waals surface area contributed by atoms with Gasteiger partial charge in [0.05, 0.1) is 12.3 Å². The number of hydrogen-bond acceptors (Lipinski definition) is 7. The number of hydrogen-bond donors (Lipinski definition) is 1. The molecule has 10 heteroatoms. The minimum atomic E-state index is -0.430. The Bertz CT molecular complexity index is 1190. The van der Waals surface area contributed by atoms with Crippen molar-refractivity contribution < 1.29 is 9.18 Å². The summed E-state index contributed by atoms with van der Waals surface area (Å²) in [5.41, 5.74) is 1.15. The number of anilines is 1. The molecule has 3 aromatic rings. The van der Waals surface area contributed by atoms with Crippen LogP contribution in [0.25, 0.3) is 17.2 Å². The van der Waals surface area contributed by atoms with Crippen molar-refractivity contribution in [1.82, 2.24) is 24.3 Å². The number of fused-ring (bicyclic) bond motifs is 1. The maximum atomic E-state index is 13.7. The number of aromatic nitrogens is 4. The molecule has 1 amide bonds. The van der Waals surface area contributed by atoms with Crippen LogP contribution in [0.3, 0.4) is 0 Å². The first-order chi connectivity index (χ1) is 14.6. The van der Waals surface area contributed by atoms with E-state index in [2.05, 4.69) is 20.3 Å². The third-order valence-electron chi connectivity index (χ3n) is 4.90. The molecule has 4 rings (SSSR count). The molecule has 0 unspecified atom stereocenters. The highest BCUT2D eigenvalue weighted by atomic mass is 19.1. The fourth-order valence-corrected chi connectivity index (χ4v) is 3.52. The summed E-state index contributed by atoms with van der Waals surface area (Å²) in [4.78, 5) is 26.6. The summed E-state index contributed by atoms with van der Waals surface area (Å²) in [6.45, 7) is 1.06. The molecule has 30 heavy (non-hydrogen) atoms. The third kappa shape index (κ3) is 3.89. The molecule has 9 nitrogen and oxygen atoms in total. The number of rotatable bonds is 4. The molecule has 150 valence electrons. The van der Waals surface area contributed by atoms with E-state index < -0.39 is 5.82 Å². The SMILES string of the molecule is N#CCC(=O)N1CCC[C@@H](Nc2cc(C#N)nc(-c3cnc4ccc(F)cn34)n2)C1. The number of pyridine rings is 1. The van der Waals surface area contributed by atoms with Gasteiger partial charge in [0.1, 0.15) is 41.2 Å². The molecule has 1 aliphatic heterocycles. The van der Waals surface area contributed by atoms with Gasteiger partial charge in [-0.1, -0.05) is 0 Å². The molecule has 0 spiro atoms. The molecular formula is C20H17FN8O. The number of nitrogens with one attached hydrogen (secondary N) is 1. The van der Waals surface area contributed by atoms with E-state index in [0.29, 0.717) is 30.2 Å². The number of nitrogens with zero attached hydrogens (tertiary/aromatic N) is 7. The first-order valence-corrected chi connectivity index (χ1v) is 9.41. The molecule has 1 aliphatic rings. The van der Waals surface area contributed by atoms with E-state index >= 15 is 0 Å². The first-order valence-electron chi connectivity index (χ1n) is 9.41. The van der Waals surface area contributed by atoms with Crippen molar-refractivity contribution in [3.05, 3.63) is 42.1 Å². The van der Waals surface area contributed by atoms with Gasteiger partial charge in [-0.25, -0.2) is 19.3 Å². The number of carbonyl (C=O) groups excluding carboxylic acids is 1. The molecule has 0 aromatic carbocycles. The van der Waals surface area contributed by atoms with Crippen LogP contribution >= 0.6 is 0 Å². The molecule has 0 saturated carbocycles. The van der Waals surface area contributed by atoms with Crippen molar-refractivity contribution in [3.8, 4) is 23.7 Å². The molecule has 0 bridgehead atoms. The Morgan fingerprint density at radius 3 is 3.00 bits per heavy atom. The normalized spacial score (nSPS) is 16.1. The molecule has 1 saturated heterocycles. The number of imidazole rings is 1. The molecule has 0 aliphatic carbocycles. The second kappa shape index (κ2) is 8.13. The van der Waals surface area contributed by atoms with Crippen LogP contribution in [-0.4, -0.2) is 49.3 Å². The van der Waals surface area contributed by atoms with Gasteiger partial charge in [-0.3, -0.25) is 9.20 Å². The van der Waals surface area contributed by atoms with Crippen molar-refractivity contribution >= 4 is 17.4 Å². The topological polar surface area (TPSA) is 123 Å². The highest BCUT2D eigenvalue weighted by Gasteiger charge is 2.24. The summed E-state index contributed by atoms with van der Waals surface area (Å²) in [6.07, 6.45) is 4.28. The molecule has 3 aromatic heterocycles. The van der Waals surface area contributed by atoms with Crippen LogP contribution < -0.4 is 5.32 Å². The van der Waals surface area contributed by atoms with E-state index in [-0.39, 0.29) is 29.9 Å². The lowest BCUT2D eigenvalue weighted by Crippen LogP contribution is -2.45. The van der Waals surface area contributed by atoms with Crippen LogP contribution in [0.2, 0.25) is 0 Å². The number of carbonyl (C=O) groups is 1. The predicted molar refractivity (Wildman–Crippen MR) is 104 cm³/mol. The number of halogens is 1. The Hall–Kier alpha value is -4.05. The summed E-state index contributed by atoms with van der Waals surface area (Å²) < 4.78 is 15.2. The zero-order valence-electron chi connectivity index (χ0n) is 15.9. The fraction of sp³-hybridized carbons (Fsp3) is 0.300. The molecule has 4 heterocycles. The van der Waals surface area contributed by atoms with Crippen LogP contribution in [0.15, 0.2) is 30.6 Å². The highest BCUT2D eigenvalue weighted by molar-refractivity contribution is 5.78. The van der Waals surface area contributed by atoms with Gasteiger partial charge in [-0.2, -0.15) is 10.5 Å². The summed E-state index contributed by atoms with van der Waals surface area (Å²) >= 11 is 0. The summed E-state index contributed by atoms with van der Waals surface area (Å²) in [5.74, 6) is 0.0454. The largest absolute Gasteiger partial charge is 0.365 e. The predicted octanol–water partition coefficient (Wildman–Crippen LogP) is 2.12. The van der Waals surface area contributed by atoms with E-state index in [1.807, 2.05) is 12.1 Å². The van der Waals surface area contributed by atoms with Crippen molar-refractivity contribution in [2.45, 2.75) is 25.3 Å². The quantitative estimate of drug-likeness (QED) is 0.706. The second-order valence-corrected chi connectivity index (χ2v) is 6.95. The van der Waals surface area contributed by atoms with Gasteiger partial charge in [0.15, 0.2) is 5.82 Å². The molecule has 0 radical (unpaired) electrons. The Labute approximate surface area is 171 Å². The molecular weight excluding hydrogens is 387 g/mol. The van der Waals surface area contributed by atoms with Gasteiger partial charge >= 0.3 is 0 Å². The van der Waals surface area contributed by atoms with Crippen LogP contribution in [0.4, 0.5) is 10.2 Å². The average molecular weight is 404 g/mol. The van der Waals surface area contributed by atoms with Gasteiger partial charge in [-0.05, 0) is 25.0 Å². The number of piperidine rings is 1. The maximum Gasteiger partial charge on any atom is 0.236 e. The Kier molecular flexibility index (Phi) is 5.22. The average Bonchev–Trinajstić information content (AvgIpc) is 3.17. The Morgan fingerprint density at radius 1 is 1.33 bits per heavy atom. The molecule has 1 N–H and O–H groups in total. The Morgan fingerprint density at radius 2 is 2.20 bits per heavy atom. The van der Waals surface area contributed by atoms with Crippen LogP contribution in [-0.2, 0) is 4.79 Å². The maximum absolute atomic E-state index is 13.7. The zero-order chi connectivity index (χ0) is 21.1. The van der Waals surface area contributed by atoms with Crippen LogP contribution in [0.1, 0.15) is 25.0 Å². The van der Waals surface area contributed by atoms with Gasteiger partial charge in [0.2, 0.25) is 5.91 Å². The van der Waals surface area contributed by atoms with Gasteiger partial charge in [0.25, 0.3) is 0 Å². The fourth-order valence-electron chi connectivity index (χ4n) is 3.52. The van der Waals surface area contributed by atoms with Crippen LogP contribution in [0.5, 0.6) is 0 Å². The van der Waals surface area contributed by atoms with E-state index in [0.717, 1.165) is 12.8 Å². The molecule has 1 fully saturated rings. The van der Waals surface area contributed by atoms with Crippen LogP contribution in [0, 0.1) is 28.5 Å². The second-order valence-electron chi connectivity index (χ2n) is 6.95. The van der Waals surface area contributed by atoms with E-state index in [4.69, 9.17) is 5.26 Å². The van der Waals surface area contributed by atoms with Crippen molar-refractivity contribution in [2.75, 3.05) is 18.4 Å². The summed E-state index contributed by atoms with van der Waals surface area (Å²) in [6, 6.07) is 8.21. The number of nitriles is 2. The minimum absolute atomic E-state index is 0.0738. The lowest BCUT2D eigenvalue weighted by atomic mass is 10.1. The van der Waals surface area contributed by atoms with Gasteiger partial charge in [0, 0.05) is 31.4 Å². The zero-order valence-corrected chi connectivity index (χ0v) is 15.9. The summed E-state index contributed by atoms with van der Waals surface area (Å²) in [5, 5.41) is 21.4. The van der Waals surface area contributed by atoms with Crippen molar-refractivity contribution in [3.63, 3.8) is 0 Å². The van der Waals surface area contributed by atoms with E-state index in [9.17, 15) is 14.4 Å². The minimum Gasteiger partial charge on any atom is -0.365 e. The summed E-state index contributed by atoms with van der Waals surface area (Å²) in [7, 11) is 0. The monoisotopic (exact) mass is 404 g/mol. The first kappa shape index (κ1) is 19.3. The van der Waals surface area contributed by atoms with Gasteiger partial charge < -0.3 is 10.2 Å². The highest BCUT2D eigenvalue weighted by Crippen LogP contribution is 2.22. The third-order valence-corrected chi connectivity index (χ3v) is 4.90. The Balaban J connectivity index is 1.62. The van der Waals surface area contributed by atoms with E-state index in [1.165, 1.54) is 28.9 Å². The van der Waals surface area contributed by atoms with Gasteiger partial charge in [-0.15, -0.1) is 0 Å².